The number of rotatable bonds is 5. The van der Waals surface area contributed by atoms with Crippen molar-refractivity contribution >= 4 is 11.9 Å². The SMILES string of the molecule is C=C[C@H]1CC[C@H]2[C@@H]3CC=C4C[C@@H](O[C@@H]5O[C@@H](C)[C@@H](O)[C@@H](OC(C)=O)[C@@H]5O)CC[C@]4(OC(C)=O)[C@H]3CC[C@]12C. The number of aliphatic hydroxyl groups excluding tert-OH is 2. The van der Waals surface area contributed by atoms with Crippen LogP contribution in [0.2, 0.25) is 0 Å². The molecule has 3 saturated carbocycles. The molecule has 5 aliphatic rings. The van der Waals surface area contributed by atoms with Crippen LogP contribution in [-0.4, -0.2) is 64.6 Å². The van der Waals surface area contributed by atoms with Gasteiger partial charge in [-0.1, -0.05) is 19.1 Å². The quantitative estimate of drug-likeness (QED) is 0.406. The second kappa shape index (κ2) is 10.3. The number of hydrogen-bond acceptors (Lipinski definition) is 8. The van der Waals surface area contributed by atoms with Crippen molar-refractivity contribution in [2.24, 2.45) is 29.1 Å². The number of hydrogen-bond donors (Lipinski definition) is 2. The molecule has 8 heteroatoms. The first-order chi connectivity index (χ1) is 18.0. The lowest BCUT2D eigenvalue weighted by molar-refractivity contribution is -0.308. The van der Waals surface area contributed by atoms with E-state index in [4.69, 9.17) is 18.9 Å². The van der Waals surface area contributed by atoms with Gasteiger partial charge in [-0.2, -0.15) is 0 Å². The van der Waals surface area contributed by atoms with E-state index < -0.39 is 42.3 Å². The Balaban J connectivity index is 1.35. The number of carbonyl (C=O) groups is 2. The summed E-state index contributed by atoms with van der Waals surface area (Å²) >= 11 is 0. The van der Waals surface area contributed by atoms with Gasteiger partial charge in [0.05, 0.1) is 12.2 Å². The zero-order chi connectivity index (χ0) is 27.4. The second-order valence-corrected chi connectivity index (χ2v) is 12.6. The summed E-state index contributed by atoms with van der Waals surface area (Å²) in [6.07, 6.45) is 6.28. The van der Waals surface area contributed by atoms with Gasteiger partial charge in [0.25, 0.3) is 0 Å². The summed E-state index contributed by atoms with van der Waals surface area (Å²) in [6.45, 7) is 11.0. The fraction of sp³-hybridized carbons (Fsp3) is 0.800. The average Bonchev–Trinajstić information content (AvgIpc) is 3.21. The van der Waals surface area contributed by atoms with E-state index in [1.807, 2.05) is 0 Å². The van der Waals surface area contributed by atoms with Gasteiger partial charge < -0.3 is 29.2 Å². The van der Waals surface area contributed by atoms with Crippen molar-refractivity contribution in [3.63, 3.8) is 0 Å². The van der Waals surface area contributed by atoms with Crippen molar-refractivity contribution in [1.29, 1.82) is 0 Å². The van der Waals surface area contributed by atoms with E-state index in [0.717, 1.165) is 24.8 Å². The van der Waals surface area contributed by atoms with Crippen LogP contribution >= 0.6 is 0 Å². The van der Waals surface area contributed by atoms with Crippen LogP contribution in [0.25, 0.3) is 0 Å². The number of ether oxygens (including phenoxy) is 4. The third-order valence-electron chi connectivity index (χ3n) is 10.6. The highest BCUT2D eigenvalue weighted by molar-refractivity contribution is 5.67. The highest BCUT2D eigenvalue weighted by Gasteiger charge is 2.61. The minimum Gasteiger partial charge on any atom is -0.457 e. The number of aliphatic hydroxyl groups is 2. The van der Waals surface area contributed by atoms with E-state index in [2.05, 4.69) is 25.7 Å². The zero-order valence-corrected chi connectivity index (χ0v) is 23.1. The Kier molecular flexibility index (Phi) is 7.57. The van der Waals surface area contributed by atoms with Crippen LogP contribution in [-0.2, 0) is 28.5 Å². The maximum Gasteiger partial charge on any atom is 0.303 e. The number of allylic oxidation sites excluding steroid dienone is 2. The molecule has 1 saturated heterocycles. The number of fused-ring (bicyclic) bond motifs is 5. The van der Waals surface area contributed by atoms with Gasteiger partial charge in [-0.25, -0.2) is 0 Å². The fourth-order valence-corrected chi connectivity index (χ4v) is 8.83. The standard InChI is InChI=1S/C30H44O8/c1-6-19-8-10-23-22-9-7-20-15-21(37-28-26(34)27(36-17(3)31)25(33)16(2)35-28)11-14-30(20,38-18(4)32)24(22)12-13-29(19,23)5/h6-7,16,19,21-28,33-34H,1,8-15H2,2-5H3/t16-,19-,21-,22-,23-,24-,25+,26-,27+,28-,29+,30+/m0/s1. The highest BCUT2D eigenvalue weighted by Crippen LogP contribution is 2.65. The van der Waals surface area contributed by atoms with Gasteiger partial charge in [0, 0.05) is 19.8 Å². The zero-order valence-electron chi connectivity index (χ0n) is 23.1. The Bertz CT molecular complexity index is 977. The van der Waals surface area contributed by atoms with E-state index in [1.165, 1.54) is 26.7 Å². The molecule has 0 amide bonds. The molecule has 38 heavy (non-hydrogen) atoms. The maximum absolute atomic E-state index is 12.4. The number of esters is 2. The summed E-state index contributed by atoms with van der Waals surface area (Å²) in [7, 11) is 0. The molecule has 1 heterocycles. The molecule has 0 radical (unpaired) electrons. The van der Waals surface area contributed by atoms with E-state index in [0.29, 0.717) is 37.0 Å². The van der Waals surface area contributed by atoms with Gasteiger partial charge >= 0.3 is 11.9 Å². The predicted molar refractivity (Wildman–Crippen MR) is 139 cm³/mol. The smallest absolute Gasteiger partial charge is 0.303 e. The van der Waals surface area contributed by atoms with Gasteiger partial charge in [0.2, 0.25) is 0 Å². The van der Waals surface area contributed by atoms with Crippen molar-refractivity contribution in [2.75, 3.05) is 0 Å². The van der Waals surface area contributed by atoms with Crippen molar-refractivity contribution in [1.82, 2.24) is 0 Å². The van der Waals surface area contributed by atoms with Gasteiger partial charge in [-0.05, 0) is 87.0 Å². The van der Waals surface area contributed by atoms with Crippen molar-refractivity contribution < 1.29 is 38.7 Å². The second-order valence-electron chi connectivity index (χ2n) is 12.6. The molecule has 1 aliphatic heterocycles. The van der Waals surface area contributed by atoms with Crippen LogP contribution in [0, 0.1) is 29.1 Å². The monoisotopic (exact) mass is 532 g/mol. The van der Waals surface area contributed by atoms with Gasteiger partial charge in [0.1, 0.15) is 17.8 Å². The normalized spacial score (nSPS) is 48.1. The maximum atomic E-state index is 12.4. The molecular weight excluding hydrogens is 488 g/mol. The summed E-state index contributed by atoms with van der Waals surface area (Å²) < 4.78 is 23.5. The van der Waals surface area contributed by atoms with E-state index >= 15 is 0 Å². The first kappa shape index (κ1) is 27.8. The van der Waals surface area contributed by atoms with E-state index in [1.54, 1.807) is 6.92 Å². The molecule has 0 aromatic heterocycles. The van der Waals surface area contributed by atoms with Crippen LogP contribution in [0.3, 0.4) is 0 Å². The van der Waals surface area contributed by atoms with E-state index in [-0.39, 0.29) is 23.4 Å². The third-order valence-corrected chi connectivity index (χ3v) is 10.6. The fourth-order valence-electron chi connectivity index (χ4n) is 8.83. The molecule has 5 rings (SSSR count). The van der Waals surface area contributed by atoms with E-state index in [9.17, 15) is 19.8 Å². The molecule has 0 spiro atoms. The van der Waals surface area contributed by atoms with Gasteiger partial charge in [-0.15, -0.1) is 6.58 Å². The minimum atomic E-state index is -1.31. The molecule has 12 atom stereocenters. The van der Waals surface area contributed by atoms with Crippen LogP contribution in [0.5, 0.6) is 0 Å². The summed E-state index contributed by atoms with van der Waals surface area (Å²) in [6, 6.07) is 0. The molecule has 212 valence electrons. The molecule has 4 aliphatic carbocycles. The molecule has 0 bridgehead atoms. The van der Waals surface area contributed by atoms with Crippen molar-refractivity contribution in [3.8, 4) is 0 Å². The van der Waals surface area contributed by atoms with Crippen LogP contribution in [0.15, 0.2) is 24.3 Å². The molecule has 8 nitrogen and oxygen atoms in total. The van der Waals surface area contributed by atoms with Crippen LogP contribution < -0.4 is 0 Å². The molecule has 0 unspecified atom stereocenters. The molecule has 4 fully saturated rings. The topological polar surface area (TPSA) is 112 Å². The first-order valence-electron chi connectivity index (χ1n) is 14.4. The summed E-state index contributed by atoms with van der Waals surface area (Å²) in [4.78, 5) is 24.0. The Morgan fingerprint density at radius 3 is 2.53 bits per heavy atom. The summed E-state index contributed by atoms with van der Waals surface area (Å²) in [5.41, 5.74) is 0.764. The minimum absolute atomic E-state index is 0.252. The molecular formula is C30H44O8. The van der Waals surface area contributed by atoms with Crippen LogP contribution in [0.4, 0.5) is 0 Å². The molecule has 0 aromatic carbocycles. The Morgan fingerprint density at radius 2 is 1.84 bits per heavy atom. The Morgan fingerprint density at radius 1 is 1.08 bits per heavy atom. The van der Waals surface area contributed by atoms with Crippen molar-refractivity contribution in [2.45, 2.75) is 121 Å². The van der Waals surface area contributed by atoms with Crippen LogP contribution in [0.1, 0.15) is 79.1 Å². The lowest BCUT2D eigenvalue weighted by Crippen LogP contribution is -2.60. The summed E-state index contributed by atoms with van der Waals surface area (Å²) in [5, 5.41) is 21.2. The number of carbonyl (C=O) groups excluding carboxylic acids is 2. The third kappa shape index (κ3) is 4.55. The molecule has 0 aromatic rings. The van der Waals surface area contributed by atoms with Gasteiger partial charge in [0.15, 0.2) is 12.4 Å². The molecule has 2 N–H and O–H groups in total. The Labute approximate surface area is 225 Å². The highest BCUT2D eigenvalue weighted by atomic mass is 16.7. The lowest BCUT2D eigenvalue weighted by Gasteiger charge is -2.58. The predicted octanol–water partition coefficient (Wildman–Crippen LogP) is 3.83. The van der Waals surface area contributed by atoms with Crippen molar-refractivity contribution in [3.05, 3.63) is 24.3 Å². The van der Waals surface area contributed by atoms with Gasteiger partial charge in [-0.3, -0.25) is 9.59 Å². The first-order valence-corrected chi connectivity index (χ1v) is 14.4. The average molecular weight is 533 g/mol. The summed E-state index contributed by atoms with van der Waals surface area (Å²) in [5.74, 6) is 1.07. The largest absolute Gasteiger partial charge is 0.457 e. The Hall–Kier alpha value is -1.74. The lowest BCUT2D eigenvalue weighted by atomic mass is 9.50.